The van der Waals surface area contributed by atoms with E-state index in [9.17, 15) is 0 Å². The summed E-state index contributed by atoms with van der Waals surface area (Å²) < 4.78 is 0. The number of benzene rings is 2. The molecule has 94 valence electrons. The fraction of sp³-hybridized carbons (Fsp3) is 0.333. The number of aryl methyl sites for hydroxylation is 1. The maximum atomic E-state index is 2.38. The first-order valence-electron chi connectivity index (χ1n) is 6.84. The smallest absolute Gasteiger partial charge is 0.00747 e. The lowest BCUT2D eigenvalue weighted by molar-refractivity contribution is 0.419. The van der Waals surface area contributed by atoms with E-state index in [2.05, 4.69) is 74.5 Å². The topological polar surface area (TPSA) is 0 Å². The highest BCUT2D eigenvalue weighted by Crippen LogP contribution is 2.32. The van der Waals surface area contributed by atoms with Crippen molar-refractivity contribution in [3.8, 4) is 0 Å². The standard InChI is InChI=1S/C18H22/c1-3-18(2,17-12-8-5-9-13-17)15-14-16-10-6-4-7-11-16/h4-13H,3,14-15H2,1-2H3/t18-/m0/s1. The van der Waals surface area contributed by atoms with Crippen molar-refractivity contribution in [3.63, 3.8) is 0 Å². The third kappa shape index (κ3) is 3.01. The number of hydrogen-bond acceptors (Lipinski definition) is 0. The average molecular weight is 238 g/mol. The summed E-state index contributed by atoms with van der Waals surface area (Å²) in [6.07, 6.45) is 3.54. The predicted octanol–water partition coefficient (Wildman–Crippen LogP) is 4.99. The Kier molecular flexibility index (Phi) is 4.19. The van der Waals surface area contributed by atoms with Gasteiger partial charge in [0.1, 0.15) is 0 Å². The maximum Gasteiger partial charge on any atom is -0.00747 e. The molecule has 0 nitrogen and oxygen atoms in total. The zero-order chi connectivity index (χ0) is 12.8. The molecule has 0 fully saturated rings. The molecule has 0 aliphatic heterocycles. The number of rotatable bonds is 5. The second-order valence-electron chi connectivity index (χ2n) is 5.27. The van der Waals surface area contributed by atoms with Gasteiger partial charge >= 0.3 is 0 Å². The lowest BCUT2D eigenvalue weighted by atomic mass is 9.76. The molecule has 0 saturated carbocycles. The van der Waals surface area contributed by atoms with E-state index in [-0.39, 0.29) is 5.41 Å². The van der Waals surface area contributed by atoms with E-state index in [0.717, 1.165) is 6.42 Å². The highest BCUT2D eigenvalue weighted by atomic mass is 14.3. The van der Waals surface area contributed by atoms with Gasteiger partial charge in [0.25, 0.3) is 0 Å². The molecule has 0 N–H and O–H groups in total. The van der Waals surface area contributed by atoms with Crippen LogP contribution in [0.1, 0.15) is 37.8 Å². The minimum Gasteiger partial charge on any atom is -0.0645 e. The van der Waals surface area contributed by atoms with Gasteiger partial charge in [-0.05, 0) is 35.8 Å². The summed E-state index contributed by atoms with van der Waals surface area (Å²) in [5.41, 5.74) is 3.19. The van der Waals surface area contributed by atoms with Crippen molar-refractivity contribution in [2.45, 2.75) is 38.5 Å². The van der Waals surface area contributed by atoms with Crippen LogP contribution in [0.15, 0.2) is 60.7 Å². The Morgan fingerprint density at radius 1 is 0.833 bits per heavy atom. The molecule has 0 heteroatoms. The third-order valence-electron chi connectivity index (χ3n) is 4.06. The molecule has 0 saturated heterocycles. The summed E-state index contributed by atoms with van der Waals surface area (Å²) in [5, 5.41) is 0. The molecule has 2 aromatic carbocycles. The molecule has 0 spiro atoms. The fourth-order valence-electron chi connectivity index (χ4n) is 2.43. The van der Waals surface area contributed by atoms with E-state index < -0.39 is 0 Å². The van der Waals surface area contributed by atoms with E-state index in [1.165, 1.54) is 24.0 Å². The second-order valence-corrected chi connectivity index (χ2v) is 5.27. The summed E-state index contributed by atoms with van der Waals surface area (Å²) >= 11 is 0. The van der Waals surface area contributed by atoms with Crippen LogP contribution in [0.2, 0.25) is 0 Å². The Morgan fingerprint density at radius 2 is 1.39 bits per heavy atom. The zero-order valence-electron chi connectivity index (χ0n) is 11.4. The molecule has 0 unspecified atom stereocenters. The van der Waals surface area contributed by atoms with Gasteiger partial charge in [0.2, 0.25) is 0 Å². The average Bonchev–Trinajstić information content (AvgIpc) is 2.47. The molecule has 0 aliphatic carbocycles. The van der Waals surface area contributed by atoms with Crippen LogP contribution in [0.4, 0.5) is 0 Å². The van der Waals surface area contributed by atoms with Gasteiger partial charge < -0.3 is 0 Å². The van der Waals surface area contributed by atoms with Crippen LogP contribution < -0.4 is 0 Å². The van der Waals surface area contributed by atoms with E-state index in [1.54, 1.807) is 0 Å². The predicted molar refractivity (Wildman–Crippen MR) is 78.8 cm³/mol. The molecule has 0 aliphatic rings. The Bertz CT molecular complexity index is 458. The molecule has 2 aromatic rings. The molecular formula is C18H22. The summed E-state index contributed by atoms with van der Waals surface area (Å²) in [6, 6.07) is 21.7. The second kappa shape index (κ2) is 5.86. The van der Waals surface area contributed by atoms with Crippen LogP contribution in [0, 0.1) is 0 Å². The molecule has 18 heavy (non-hydrogen) atoms. The highest BCUT2D eigenvalue weighted by molar-refractivity contribution is 5.25. The van der Waals surface area contributed by atoms with Crippen LogP contribution in [0.5, 0.6) is 0 Å². The normalized spacial score (nSPS) is 14.1. The van der Waals surface area contributed by atoms with E-state index in [0.29, 0.717) is 0 Å². The van der Waals surface area contributed by atoms with Crippen molar-refractivity contribution in [1.82, 2.24) is 0 Å². The van der Waals surface area contributed by atoms with Gasteiger partial charge in [0.15, 0.2) is 0 Å². The molecular weight excluding hydrogens is 216 g/mol. The Labute approximate surface area is 111 Å². The summed E-state index contributed by atoms with van der Waals surface area (Å²) in [5.74, 6) is 0. The Balaban J connectivity index is 2.10. The first-order chi connectivity index (χ1) is 8.74. The third-order valence-corrected chi connectivity index (χ3v) is 4.06. The van der Waals surface area contributed by atoms with Crippen LogP contribution in [-0.4, -0.2) is 0 Å². The van der Waals surface area contributed by atoms with Gasteiger partial charge in [-0.25, -0.2) is 0 Å². The van der Waals surface area contributed by atoms with Crippen molar-refractivity contribution in [2.75, 3.05) is 0 Å². The quantitative estimate of drug-likeness (QED) is 0.688. The number of hydrogen-bond donors (Lipinski definition) is 0. The summed E-state index contributed by atoms with van der Waals surface area (Å²) in [4.78, 5) is 0. The first kappa shape index (κ1) is 12.9. The van der Waals surface area contributed by atoms with Crippen molar-refractivity contribution >= 4 is 0 Å². The SMILES string of the molecule is CC[C@@](C)(CCc1ccccc1)c1ccccc1. The van der Waals surface area contributed by atoms with Gasteiger partial charge in [-0.3, -0.25) is 0 Å². The highest BCUT2D eigenvalue weighted by Gasteiger charge is 2.23. The fourth-order valence-corrected chi connectivity index (χ4v) is 2.43. The molecule has 0 aromatic heterocycles. The Morgan fingerprint density at radius 3 is 1.94 bits per heavy atom. The van der Waals surface area contributed by atoms with Crippen LogP contribution in [0.25, 0.3) is 0 Å². The maximum absolute atomic E-state index is 2.38. The van der Waals surface area contributed by atoms with Gasteiger partial charge in [0.05, 0.1) is 0 Å². The summed E-state index contributed by atoms with van der Waals surface area (Å²) in [6.45, 7) is 4.67. The monoisotopic (exact) mass is 238 g/mol. The zero-order valence-corrected chi connectivity index (χ0v) is 11.4. The van der Waals surface area contributed by atoms with Crippen molar-refractivity contribution in [1.29, 1.82) is 0 Å². The Hall–Kier alpha value is -1.56. The molecule has 2 rings (SSSR count). The molecule has 0 bridgehead atoms. The molecule has 0 radical (unpaired) electrons. The van der Waals surface area contributed by atoms with Crippen molar-refractivity contribution in [3.05, 3.63) is 71.8 Å². The molecule has 1 atom stereocenters. The minimum atomic E-state index is 0.289. The van der Waals surface area contributed by atoms with Gasteiger partial charge in [-0.1, -0.05) is 74.5 Å². The lowest BCUT2D eigenvalue weighted by Gasteiger charge is -2.29. The summed E-state index contributed by atoms with van der Waals surface area (Å²) in [7, 11) is 0. The van der Waals surface area contributed by atoms with Crippen molar-refractivity contribution < 1.29 is 0 Å². The molecule has 0 amide bonds. The molecule has 0 heterocycles. The van der Waals surface area contributed by atoms with E-state index >= 15 is 0 Å². The van der Waals surface area contributed by atoms with Crippen LogP contribution >= 0.6 is 0 Å². The lowest BCUT2D eigenvalue weighted by Crippen LogP contribution is -2.21. The van der Waals surface area contributed by atoms with Crippen LogP contribution in [0.3, 0.4) is 0 Å². The largest absolute Gasteiger partial charge is 0.0645 e. The van der Waals surface area contributed by atoms with Gasteiger partial charge in [-0.15, -0.1) is 0 Å². The van der Waals surface area contributed by atoms with E-state index in [1.807, 2.05) is 0 Å². The van der Waals surface area contributed by atoms with Crippen molar-refractivity contribution in [2.24, 2.45) is 0 Å². The van der Waals surface area contributed by atoms with Crippen LogP contribution in [-0.2, 0) is 11.8 Å². The van der Waals surface area contributed by atoms with E-state index in [4.69, 9.17) is 0 Å². The van der Waals surface area contributed by atoms with Gasteiger partial charge in [-0.2, -0.15) is 0 Å². The van der Waals surface area contributed by atoms with Gasteiger partial charge in [0, 0.05) is 0 Å². The minimum absolute atomic E-state index is 0.289. The first-order valence-corrected chi connectivity index (χ1v) is 6.84.